The van der Waals surface area contributed by atoms with Crippen LogP contribution in [0.15, 0.2) is 23.4 Å². The highest BCUT2D eigenvalue weighted by Gasteiger charge is 2.38. The standard InChI is InChI=1S/C15H20FN3O4S/c16-11-3-14(7-17-6-11)24(22,23)18-12-4-13(5-12)19(9-15(20)21)8-10-1-2-10/h3,6-7,10,12-13,18H,1-2,4-5,8-9H2,(H,20,21). The minimum absolute atomic E-state index is 0.0194. The Bertz CT molecular complexity index is 717. The topological polar surface area (TPSA) is 99.6 Å². The van der Waals surface area contributed by atoms with E-state index < -0.39 is 21.8 Å². The molecule has 0 unspecified atom stereocenters. The number of aliphatic carboxylic acids is 1. The van der Waals surface area contributed by atoms with Gasteiger partial charge >= 0.3 is 5.97 Å². The van der Waals surface area contributed by atoms with Gasteiger partial charge in [0.25, 0.3) is 0 Å². The molecule has 2 saturated carbocycles. The molecule has 0 bridgehead atoms. The Morgan fingerprint density at radius 2 is 2.08 bits per heavy atom. The largest absolute Gasteiger partial charge is 0.480 e. The van der Waals surface area contributed by atoms with E-state index in [0.29, 0.717) is 18.8 Å². The van der Waals surface area contributed by atoms with E-state index in [9.17, 15) is 17.6 Å². The highest BCUT2D eigenvalue weighted by Crippen LogP contribution is 2.34. The van der Waals surface area contributed by atoms with Crippen LogP contribution >= 0.6 is 0 Å². The highest BCUT2D eigenvalue weighted by molar-refractivity contribution is 7.89. The van der Waals surface area contributed by atoms with E-state index in [-0.39, 0.29) is 23.5 Å². The van der Waals surface area contributed by atoms with Crippen molar-refractivity contribution < 1.29 is 22.7 Å². The third-order valence-electron chi connectivity index (χ3n) is 4.47. The van der Waals surface area contributed by atoms with Crippen LogP contribution in [-0.4, -0.2) is 54.6 Å². The summed E-state index contributed by atoms with van der Waals surface area (Å²) in [6.45, 7) is 0.735. The van der Waals surface area contributed by atoms with Crippen molar-refractivity contribution in [1.29, 1.82) is 0 Å². The van der Waals surface area contributed by atoms with Crippen molar-refractivity contribution in [2.75, 3.05) is 13.1 Å². The first kappa shape index (κ1) is 17.2. The van der Waals surface area contributed by atoms with Crippen LogP contribution in [-0.2, 0) is 14.8 Å². The smallest absolute Gasteiger partial charge is 0.317 e. The summed E-state index contributed by atoms with van der Waals surface area (Å²) >= 11 is 0. The Labute approximate surface area is 139 Å². The molecule has 7 nitrogen and oxygen atoms in total. The highest BCUT2D eigenvalue weighted by atomic mass is 32.2. The third kappa shape index (κ3) is 4.28. The summed E-state index contributed by atoms with van der Waals surface area (Å²) in [5.41, 5.74) is 0. The molecule has 0 saturated heterocycles. The molecule has 1 aromatic heterocycles. The maximum Gasteiger partial charge on any atom is 0.317 e. The Hall–Kier alpha value is -1.58. The fraction of sp³-hybridized carbons (Fsp3) is 0.600. The molecule has 1 heterocycles. The van der Waals surface area contributed by atoms with E-state index in [0.717, 1.165) is 37.8 Å². The molecule has 24 heavy (non-hydrogen) atoms. The first-order valence-corrected chi connectivity index (χ1v) is 9.40. The van der Waals surface area contributed by atoms with Gasteiger partial charge in [-0.2, -0.15) is 0 Å². The predicted molar refractivity (Wildman–Crippen MR) is 83.3 cm³/mol. The zero-order valence-electron chi connectivity index (χ0n) is 13.1. The van der Waals surface area contributed by atoms with Crippen LogP contribution < -0.4 is 4.72 Å². The van der Waals surface area contributed by atoms with Gasteiger partial charge in [0.05, 0.1) is 12.7 Å². The van der Waals surface area contributed by atoms with Gasteiger partial charge in [-0.05, 0) is 37.7 Å². The molecule has 2 N–H and O–H groups in total. The lowest BCUT2D eigenvalue weighted by Crippen LogP contribution is -2.55. The molecular formula is C15H20FN3O4S. The van der Waals surface area contributed by atoms with Crippen LogP contribution in [0, 0.1) is 11.7 Å². The zero-order valence-corrected chi connectivity index (χ0v) is 13.9. The molecule has 0 radical (unpaired) electrons. The van der Waals surface area contributed by atoms with Crippen molar-refractivity contribution in [3.05, 3.63) is 24.3 Å². The second kappa shape index (κ2) is 6.73. The maximum absolute atomic E-state index is 13.1. The number of carboxylic acids is 1. The van der Waals surface area contributed by atoms with Crippen LogP contribution in [0.4, 0.5) is 4.39 Å². The Kier molecular flexibility index (Phi) is 4.84. The van der Waals surface area contributed by atoms with Gasteiger partial charge < -0.3 is 5.11 Å². The van der Waals surface area contributed by atoms with Gasteiger partial charge in [0.1, 0.15) is 10.7 Å². The number of aromatic nitrogens is 1. The van der Waals surface area contributed by atoms with Gasteiger partial charge in [-0.15, -0.1) is 0 Å². The molecule has 0 aromatic carbocycles. The summed E-state index contributed by atoms with van der Waals surface area (Å²) in [7, 11) is -3.81. The van der Waals surface area contributed by atoms with Crippen molar-refractivity contribution in [1.82, 2.24) is 14.6 Å². The van der Waals surface area contributed by atoms with Crippen molar-refractivity contribution >= 4 is 16.0 Å². The number of sulfonamides is 1. The summed E-state index contributed by atoms with van der Waals surface area (Å²) in [6.07, 6.45) is 5.42. The van der Waals surface area contributed by atoms with Gasteiger partial charge in [0.2, 0.25) is 10.0 Å². The quantitative estimate of drug-likeness (QED) is 0.715. The number of nitrogens with one attached hydrogen (secondary N) is 1. The number of hydrogen-bond donors (Lipinski definition) is 2. The molecule has 3 rings (SSSR count). The monoisotopic (exact) mass is 357 g/mol. The van der Waals surface area contributed by atoms with Gasteiger partial charge in [0.15, 0.2) is 0 Å². The number of hydrogen-bond acceptors (Lipinski definition) is 5. The van der Waals surface area contributed by atoms with Gasteiger partial charge in [-0.25, -0.2) is 17.5 Å². The van der Waals surface area contributed by atoms with E-state index in [1.807, 2.05) is 4.90 Å². The Balaban J connectivity index is 1.56. The number of carbonyl (C=O) groups is 1. The van der Waals surface area contributed by atoms with Gasteiger partial charge in [-0.1, -0.05) is 0 Å². The fourth-order valence-corrected chi connectivity index (χ4v) is 4.19. The van der Waals surface area contributed by atoms with Crippen LogP contribution in [0.25, 0.3) is 0 Å². The summed E-state index contributed by atoms with van der Waals surface area (Å²) in [6, 6.07) is 0.730. The molecule has 0 atom stereocenters. The minimum atomic E-state index is -3.81. The number of carboxylic acid groups (broad SMARTS) is 1. The molecular weight excluding hydrogens is 337 g/mol. The SMILES string of the molecule is O=C(O)CN(CC1CC1)C1CC(NS(=O)(=O)c2cncc(F)c2)C1. The number of nitrogens with zero attached hydrogens (tertiary/aromatic N) is 2. The van der Waals surface area contributed by atoms with Crippen LogP contribution in [0.5, 0.6) is 0 Å². The second-order valence-electron chi connectivity index (χ2n) is 6.55. The lowest BCUT2D eigenvalue weighted by molar-refractivity contribution is -0.139. The van der Waals surface area contributed by atoms with E-state index in [1.165, 1.54) is 0 Å². The van der Waals surface area contributed by atoms with Crippen molar-refractivity contribution in [2.24, 2.45) is 5.92 Å². The number of rotatable bonds is 8. The summed E-state index contributed by atoms with van der Waals surface area (Å²) in [5.74, 6) is -1.01. The summed E-state index contributed by atoms with van der Waals surface area (Å²) in [5, 5.41) is 9.02. The summed E-state index contributed by atoms with van der Waals surface area (Å²) in [4.78, 5) is 16.3. The van der Waals surface area contributed by atoms with Crippen LogP contribution in [0.1, 0.15) is 25.7 Å². The average Bonchev–Trinajstić information content (AvgIpc) is 3.25. The van der Waals surface area contributed by atoms with Crippen LogP contribution in [0.2, 0.25) is 0 Å². The van der Waals surface area contributed by atoms with E-state index in [2.05, 4.69) is 9.71 Å². The molecule has 9 heteroatoms. The number of pyridine rings is 1. The minimum Gasteiger partial charge on any atom is -0.480 e. The lowest BCUT2D eigenvalue weighted by atomic mass is 9.86. The second-order valence-corrected chi connectivity index (χ2v) is 8.26. The van der Waals surface area contributed by atoms with Crippen molar-refractivity contribution in [3.63, 3.8) is 0 Å². The molecule has 1 aromatic rings. The molecule has 2 fully saturated rings. The third-order valence-corrected chi connectivity index (χ3v) is 5.96. The van der Waals surface area contributed by atoms with Crippen LogP contribution in [0.3, 0.4) is 0 Å². The first-order valence-electron chi connectivity index (χ1n) is 7.92. The van der Waals surface area contributed by atoms with Crippen molar-refractivity contribution in [2.45, 2.75) is 42.7 Å². The first-order chi connectivity index (χ1) is 11.3. The summed E-state index contributed by atoms with van der Waals surface area (Å²) < 4.78 is 40.1. The molecule has 0 amide bonds. The maximum atomic E-state index is 13.1. The lowest BCUT2D eigenvalue weighted by Gasteiger charge is -2.42. The Morgan fingerprint density at radius 1 is 1.38 bits per heavy atom. The van der Waals surface area contributed by atoms with E-state index in [4.69, 9.17) is 5.11 Å². The fourth-order valence-electron chi connectivity index (χ4n) is 2.96. The van der Waals surface area contributed by atoms with Gasteiger partial charge in [0, 0.05) is 24.8 Å². The van der Waals surface area contributed by atoms with E-state index in [1.54, 1.807) is 0 Å². The number of halogens is 1. The van der Waals surface area contributed by atoms with Crippen molar-refractivity contribution in [3.8, 4) is 0 Å². The molecule has 132 valence electrons. The molecule has 2 aliphatic rings. The zero-order chi connectivity index (χ0) is 17.3. The van der Waals surface area contributed by atoms with E-state index >= 15 is 0 Å². The normalized spacial score (nSPS) is 23.9. The van der Waals surface area contributed by atoms with Gasteiger partial charge in [-0.3, -0.25) is 14.7 Å². The predicted octanol–water partition coefficient (Wildman–Crippen LogP) is 0.827. The molecule has 0 spiro atoms. The molecule has 2 aliphatic carbocycles. The Morgan fingerprint density at radius 3 is 2.67 bits per heavy atom. The average molecular weight is 357 g/mol. The molecule has 0 aliphatic heterocycles.